The van der Waals surface area contributed by atoms with E-state index in [9.17, 15) is 9.59 Å². The Morgan fingerprint density at radius 1 is 1.10 bits per heavy atom. The van der Waals surface area contributed by atoms with Crippen LogP contribution < -0.4 is 19.7 Å². The van der Waals surface area contributed by atoms with Gasteiger partial charge in [0, 0.05) is 6.04 Å². The van der Waals surface area contributed by atoms with Gasteiger partial charge in [-0.05, 0) is 49.2 Å². The van der Waals surface area contributed by atoms with Crippen LogP contribution in [0.15, 0.2) is 42.5 Å². The number of carbonyl (C=O) groups excluding carboxylic acids is 2. The van der Waals surface area contributed by atoms with Crippen LogP contribution in [0.5, 0.6) is 11.5 Å². The summed E-state index contributed by atoms with van der Waals surface area (Å²) >= 11 is 0. The number of ether oxygens (including phenoxy) is 2. The number of carbonyl (C=O) groups is 2. The van der Waals surface area contributed by atoms with Crippen molar-refractivity contribution < 1.29 is 19.1 Å². The van der Waals surface area contributed by atoms with Crippen molar-refractivity contribution in [3.63, 3.8) is 0 Å². The standard InChI is InChI=1S/C22H23N3O4/c26-21-13-25(18-5-2-1-4-16(18)23-21)22(27)14-24-9-3-6-17(24)15-7-8-19-20(12-15)29-11-10-28-19/h1-2,4-5,7-8,12,17H,3,6,9-11,13-14H2,(H,23,26)/t17-/m0/s1. The quantitative estimate of drug-likeness (QED) is 0.868. The third kappa shape index (κ3) is 3.42. The Balaban J connectivity index is 1.35. The Kier molecular flexibility index (Phi) is 4.60. The molecule has 5 rings (SSSR count). The van der Waals surface area contributed by atoms with Gasteiger partial charge in [-0.3, -0.25) is 19.4 Å². The minimum atomic E-state index is -0.165. The van der Waals surface area contributed by atoms with Gasteiger partial charge in [0.2, 0.25) is 11.8 Å². The zero-order chi connectivity index (χ0) is 19.8. The van der Waals surface area contributed by atoms with Crippen molar-refractivity contribution in [2.45, 2.75) is 18.9 Å². The van der Waals surface area contributed by atoms with Crippen LogP contribution in [-0.2, 0) is 9.59 Å². The molecule has 7 heteroatoms. The summed E-state index contributed by atoms with van der Waals surface area (Å²) in [5, 5.41) is 2.83. The highest BCUT2D eigenvalue weighted by atomic mass is 16.6. The van der Waals surface area contributed by atoms with Gasteiger partial charge in [0.15, 0.2) is 11.5 Å². The molecular weight excluding hydrogens is 370 g/mol. The Morgan fingerprint density at radius 2 is 1.93 bits per heavy atom. The maximum absolute atomic E-state index is 13.1. The van der Waals surface area contributed by atoms with Gasteiger partial charge in [-0.1, -0.05) is 18.2 Å². The fraction of sp³-hybridized carbons (Fsp3) is 0.364. The maximum Gasteiger partial charge on any atom is 0.244 e. The average molecular weight is 393 g/mol. The predicted molar refractivity (Wildman–Crippen MR) is 108 cm³/mol. The summed E-state index contributed by atoms with van der Waals surface area (Å²) in [5.74, 6) is 1.32. The van der Waals surface area contributed by atoms with Crippen molar-refractivity contribution in [1.29, 1.82) is 0 Å². The van der Waals surface area contributed by atoms with Crippen LogP contribution in [0.3, 0.4) is 0 Å². The van der Waals surface area contributed by atoms with Gasteiger partial charge in [0.1, 0.15) is 19.8 Å². The third-order valence-corrected chi connectivity index (χ3v) is 5.72. The van der Waals surface area contributed by atoms with Crippen molar-refractivity contribution in [2.75, 3.05) is 43.1 Å². The first-order valence-electron chi connectivity index (χ1n) is 10.0. The second kappa shape index (κ2) is 7.40. The van der Waals surface area contributed by atoms with E-state index in [2.05, 4.69) is 16.3 Å². The van der Waals surface area contributed by atoms with E-state index in [1.807, 2.05) is 36.4 Å². The van der Waals surface area contributed by atoms with Crippen LogP contribution in [0.4, 0.5) is 11.4 Å². The van der Waals surface area contributed by atoms with Crippen LogP contribution in [-0.4, -0.2) is 49.6 Å². The molecule has 0 bridgehead atoms. The molecule has 0 aliphatic carbocycles. The molecule has 1 fully saturated rings. The number of anilines is 2. The van der Waals surface area contributed by atoms with Crippen LogP contribution in [0.1, 0.15) is 24.4 Å². The first-order valence-corrected chi connectivity index (χ1v) is 10.0. The maximum atomic E-state index is 13.1. The largest absolute Gasteiger partial charge is 0.486 e. The second-order valence-corrected chi connectivity index (χ2v) is 7.58. The van der Waals surface area contributed by atoms with E-state index in [1.54, 1.807) is 4.90 Å². The van der Waals surface area contributed by atoms with Gasteiger partial charge < -0.3 is 14.8 Å². The van der Waals surface area contributed by atoms with Gasteiger partial charge in [-0.2, -0.15) is 0 Å². The zero-order valence-corrected chi connectivity index (χ0v) is 16.1. The smallest absolute Gasteiger partial charge is 0.244 e. The fourth-order valence-electron chi connectivity index (χ4n) is 4.37. The molecule has 1 saturated heterocycles. The highest BCUT2D eigenvalue weighted by Crippen LogP contribution is 2.38. The number of hydrogen-bond acceptors (Lipinski definition) is 5. The monoisotopic (exact) mass is 393 g/mol. The summed E-state index contributed by atoms with van der Waals surface area (Å²) in [6.07, 6.45) is 2.02. The molecule has 3 aliphatic rings. The van der Waals surface area contributed by atoms with Crippen LogP contribution >= 0.6 is 0 Å². The number of rotatable bonds is 3. The van der Waals surface area contributed by atoms with E-state index in [4.69, 9.17) is 9.47 Å². The SMILES string of the molecule is O=C1CN(C(=O)CN2CCC[C@H]2c2ccc3c(c2)OCCO3)c2ccccc2N1. The minimum Gasteiger partial charge on any atom is -0.486 e. The topological polar surface area (TPSA) is 71.1 Å². The van der Waals surface area contributed by atoms with Crippen LogP contribution in [0.25, 0.3) is 0 Å². The lowest BCUT2D eigenvalue weighted by Gasteiger charge is -2.32. The number of nitrogens with one attached hydrogen (secondary N) is 1. The molecule has 2 amide bonds. The molecule has 0 spiro atoms. The number of hydrogen-bond donors (Lipinski definition) is 1. The van der Waals surface area contributed by atoms with E-state index in [1.165, 1.54) is 0 Å². The van der Waals surface area contributed by atoms with Crippen LogP contribution in [0, 0.1) is 0 Å². The van der Waals surface area contributed by atoms with Crippen molar-refractivity contribution in [1.82, 2.24) is 4.90 Å². The molecule has 2 aromatic rings. The van der Waals surface area contributed by atoms with Gasteiger partial charge in [0.25, 0.3) is 0 Å². The average Bonchev–Trinajstić information content (AvgIpc) is 3.20. The lowest BCUT2D eigenvalue weighted by Crippen LogP contribution is -2.46. The summed E-state index contributed by atoms with van der Waals surface area (Å²) in [4.78, 5) is 29.0. The number of fused-ring (bicyclic) bond motifs is 2. The molecule has 150 valence electrons. The van der Waals surface area contributed by atoms with E-state index in [-0.39, 0.29) is 30.9 Å². The zero-order valence-electron chi connectivity index (χ0n) is 16.1. The number of para-hydroxylation sites is 2. The highest BCUT2D eigenvalue weighted by Gasteiger charge is 2.32. The molecule has 0 aromatic heterocycles. The minimum absolute atomic E-state index is 0.0539. The predicted octanol–water partition coefficient (Wildman–Crippen LogP) is 2.58. The van der Waals surface area contributed by atoms with E-state index in [0.29, 0.717) is 18.9 Å². The first-order chi connectivity index (χ1) is 14.2. The molecule has 0 unspecified atom stereocenters. The molecule has 1 N–H and O–H groups in total. The van der Waals surface area contributed by atoms with Crippen molar-refractivity contribution in [3.8, 4) is 11.5 Å². The molecule has 3 heterocycles. The summed E-state index contributed by atoms with van der Waals surface area (Å²) in [6.45, 7) is 2.31. The lowest BCUT2D eigenvalue weighted by molar-refractivity contribution is -0.122. The lowest BCUT2D eigenvalue weighted by atomic mass is 10.0. The molecular formula is C22H23N3O4. The normalized spacial score (nSPS) is 20.9. The van der Waals surface area contributed by atoms with E-state index >= 15 is 0 Å². The molecule has 2 aromatic carbocycles. The molecule has 29 heavy (non-hydrogen) atoms. The molecule has 1 atom stereocenters. The van der Waals surface area contributed by atoms with Gasteiger partial charge in [-0.25, -0.2) is 0 Å². The number of amides is 2. The molecule has 7 nitrogen and oxygen atoms in total. The van der Waals surface area contributed by atoms with Gasteiger partial charge in [0.05, 0.1) is 17.9 Å². The molecule has 3 aliphatic heterocycles. The Morgan fingerprint density at radius 3 is 2.83 bits per heavy atom. The number of likely N-dealkylation sites (tertiary alicyclic amines) is 1. The van der Waals surface area contributed by atoms with Crippen molar-refractivity contribution in [2.24, 2.45) is 0 Å². The summed E-state index contributed by atoms with van der Waals surface area (Å²) in [7, 11) is 0. The van der Waals surface area contributed by atoms with Crippen molar-refractivity contribution >= 4 is 23.2 Å². The van der Waals surface area contributed by atoms with Gasteiger partial charge in [-0.15, -0.1) is 0 Å². The summed E-state index contributed by atoms with van der Waals surface area (Å²) in [5.41, 5.74) is 2.57. The summed E-state index contributed by atoms with van der Waals surface area (Å²) in [6, 6.07) is 13.6. The van der Waals surface area contributed by atoms with Gasteiger partial charge >= 0.3 is 0 Å². The Labute approximate surface area is 169 Å². The fourth-order valence-corrected chi connectivity index (χ4v) is 4.37. The third-order valence-electron chi connectivity index (χ3n) is 5.72. The molecule has 0 radical (unpaired) electrons. The van der Waals surface area contributed by atoms with Crippen molar-refractivity contribution in [3.05, 3.63) is 48.0 Å². The molecule has 0 saturated carbocycles. The number of benzene rings is 2. The first kappa shape index (κ1) is 18.0. The van der Waals surface area contributed by atoms with Crippen LogP contribution in [0.2, 0.25) is 0 Å². The van der Waals surface area contributed by atoms with E-state index in [0.717, 1.165) is 42.1 Å². The Hall–Kier alpha value is -3.06. The summed E-state index contributed by atoms with van der Waals surface area (Å²) < 4.78 is 11.3. The van der Waals surface area contributed by atoms with E-state index < -0.39 is 0 Å². The highest BCUT2D eigenvalue weighted by molar-refractivity contribution is 6.10. The Bertz CT molecular complexity index is 961. The second-order valence-electron chi connectivity index (χ2n) is 7.58. The number of nitrogens with zero attached hydrogens (tertiary/aromatic N) is 2.